The van der Waals surface area contributed by atoms with Crippen LogP contribution in [0, 0.1) is 0 Å². The molecule has 0 bridgehead atoms. The molecule has 6 nitrogen and oxygen atoms in total. The van der Waals surface area contributed by atoms with Crippen LogP contribution >= 0.6 is 12.4 Å². The van der Waals surface area contributed by atoms with Gasteiger partial charge in [-0.3, -0.25) is 4.90 Å². The van der Waals surface area contributed by atoms with Gasteiger partial charge in [-0.05, 0) is 29.8 Å². The second-order valence-corrected chi connectivity index (χ2v) is 5.73. The molecule has 134 valence electrons. The van der Waals surface area contributed by atoms with Crippen LogP contribution in [0.25, 0.3) is 0 Å². The topological polar surface area (TPSA) is 52.5 Å². The van der Waals surface area contributed by atoms with Crippen LogP contribution in [0.5, 0.6) is 5.75 Å². The van der Waals surface area contributed by atoms with Crippen molar-refractivity contribution in [3.63, 3.8) is 0 Å². The van der Waals surface area contributed by atoms with E-state index in [-0.39, 0.29) is 18.5 Å². The first-order chi connectivity index (χ1) is 11.3. The van der Waals surface area contributed by atoms with E-state index >= 15 is 0 Å². The number of halogens is 1. The van der Waals surface area contributed by atoms with Crippen molar-refractivity contribution >= 4 is 18.1 Å². The lowest BCUT2D eigenvalue weighted by Crippen LogP contribution is -2.38. The Morgan fingerprint density at radius 2 is 1.96 bits per heavy atom. The maximum absolute atomic E-state index is 5.74. The lowest BCUT2D eigenvalue weighted by atomic mass is 10.1. The van der Waals surface area contributed by atoms with Crippen molar-refractivity contribution in [3.8, 4) is 5.75 Å². The van der Waals surface area contributed by atoms with E-state index in [2.05, 4.69) is 10.1 Å². The fourth-order valence-corrected chi connectivity index (χ4v) is 2.70. The number of ether oxygens (including phenoxy) is 3. The molecule has 2 aliphatic rings. The number of methoxy groups -OCH3 is 1. The summed E-state index contributed by atoms with van der Waals surface area (Å²) < 4.78 is 16.2. The number of rotatable bonds is 7. The Kier molecular flexibility index (Phi) is 7.78. The standard InChI is InChI=1S/C17H24N2O4.ClH/c1-20-15-4-2-14(3-5-15)17-12-16(23-18-17)13-22-11-8-19-6-9-21-10-7-19;/h2-5,16H,6-13H2,1H3;1H. The van der Waals surface area contributed by atoms with Crippen molar-refractivity contribution in [2.24, 2.45) is 5.16 Å². The van der Waals surface area contributed by atoms with Gasteiger partial charge in [0.15, 0.2) is 6.10 Å². The fraction of sp³-hybridized carbons (Fsp3) is 0.588. The monoisotopic (exact) mass is 356 g/mol. The third-order valence-electron chi connectivity index (χ3n) is 4.12. The van der Waals surface area contributed by atoms with Gasteiger partial charge < -0.3 is 19.0 Å². The van der Waals surface area contributed by atoms with Crippen molar-refractivity contribution in [3.05, 3.63) is 29.8 Å². The van der Waals surface area contributed by atoms with Crippen LogP contribution in [-0.4, -0.2) is 69.9 Å². The molecule has 1 saturated heterocycles. The molecule has 0 amide bonds. The third-order valence-corrected chi connectivity index (χ3v) is 4.12. The van der Waals surface area contributed by atoms with Gasteiger partial charge in [0.1, 0.15) is 5.75 Å². The molecule has 1 unspecified atom stereocenters. The molecule has 7 heteroatoms. The van der Waals surface area contributed by atoms with E-state index in [4.69, 9.17) is 19.0 Å². The highest BCUT2D eigenvalue weighted by Crippen LogP contribution is 2.19. The molecule has 0 saturated carbocycles. The van der Waals surface area contributed by atoms with Crippen LogP contribution in [0.2, 0.25) is 0 Å². The second kappa shape index (κ2) is 9.84. The van der Waals surface area contributed by atoms with E-state index in [1.807, 2.05) is 24.3 Å². The summed E-state index contributed by atoms with van der Waals surface area (Å²) in [5.74, 6) is 0.844. The molecule has 0 aromatic heterocycles. The van der Waals surface area contributed by atoms with E-state index < -0.39 is 0 Å². The Balaban J connectivity index is 0.00000208. The average Bonchev–Trinajstić information content (AvgIpc) is 3.09. The molecule has 1 aromatic carbocycles. The highest BCUT2D eigenvalue weighted by atomic mass is 35.5. The maximum atomic E-state index is 5.74. The Bertz CT molecular complexity index is 518. The van der Waals surface area contributed by atoms with Crippen LogP contribution in [0.4, 0.5) is 0 Å². The second-order valence-electron chi connectivity index (χ2n) is 5.73. The molecule has 1 fully saturated rings. The number of morpholine rings is 1. The molecule has 2 aliphatic heterocycles. The van der Waals surface area contributed by atoms with Gasteiger partial charge >= 0.3 is 0 Å². The minimum Gasteiger partial charge on any atom is -0.497 e. The fourth-order valence-electron chi connectivity index (χ4n) is 2.70. The Hall–Kier alpha value is -1.34. The van der Waals surface area contributed by atoms with E-state index in [0.29, 0.717) is 6.61 Å². The molecule has 0 N–H and O–H groups in total. The van der Waals surface area contributed by atoms with Gasteiger partial charge in [0.25, 0.3) is 0 Å². The number of hydrogen-bond acceptors (Lipinski definition) is 6. The molecule has 1 aromatic rings. The smallest absolute Gasteiger partial charge is 0.156 e. The van der Waals surface area contributed by atoms with Crippen LogP contribution in [0.15, 0.2) is 29.4 Å². The number of benzene rings is 1. The van der Waals surface area contributed by atoms with Gasteiger partial charge in [0.05, 0.1) is 39.2 Å². The number of oxime groups is 1. The molecule has 3 rings (SSSR count). The van der Waals surface area contributed by atoms with Gasteiger partial charge in [-0.1, -0.05) is 5.16 Å². The molecule has 0 spiro atoms. The van der Waals surface area contributed by atoms with Crippen LogP contribution < -0.4 is 4.74 Å². The first-order valence-electron chi connectivity index (χ1n) is 8.10. The zero-order valence-corrected chi connectivity index (χ0v) is 14.8. The molecule has 0 aliphatic carbocycles. The van der Waals surface area contributed by atoms with Crippen molar-refractivity contribution in [1.29, 1.82) is 0 Å². The molecular weight excluding hydrogens is 332 g/mol. The molecule has 0 radical (unpaired) electrons. The summed E-state index contributed by atoms with van der Waals surface area (Å²) in [5.41, 5.74) is 2.04. The Labute approximate surface area is 149 Å². The summed E-state index contributed by atoms with van der Waals surface area (Å²) >= 11 is 0. The summed E-state index contributed by atoms with van der Waals surface area (Å²) in [4.78, 5) is 7.83. The third kappa shape index (κ3) is 5.34. The summed E-state index contributed by atoms with van der Waals surface area (Å²) in [6.07, 6.45) is 0.793. The summed E-state index contributed by atoms with van der Waals surface area (Å²) in [7, 11) is 1.66. The van der Waals surface area contributed by atoms with Gasteiger partial charge in [-0.15, -0.1) is 12.4 Å². The van der Waals surface area contributed by atoms with E-state index in [1.54, 1.807) is 7.11 Å². The van der Waals surface area contributed by atoms with E-state index in [1.165, 1.54) is 0 Å². The molecular formula is C17H25ClN2O4. The van der Waals surface area contributed by atoms with Crippen molar-refractivity contribution in [2.45, 2.75) is 12.5 Å². The van der Waals surface area contributed by atoms with Gasteiger partial charge in [0.2, 0.25) is 0 Å². The lowest BCUT2D eigenvalue weighted by molar-refractivity contribution is -0.0145. The largest absolute Gasteiger partial charge is 0.497 e. The van der Waals surface area contributed by atoms with Gasteiger partial charge in [-0.2, -0.15) is 0 Å². The van der Waals surface area contributed by atoms with Crippen molar-refractivity contribution in [1.82, 2.24) is 4.90 Å². The maximum Gasteiger partial charge on any atom is 0.156 e. The number of hydrogen-bond donors (Lipinski definition) is 0. The number of nitrogens with zero attached hydrogens (tertiary/aromatic N) is 2. The molecule has 2 heterocycles. The quantitative estimate of drug-likeness (QED) is 0.699. The lowest BCUT2D eigenvalue weighted by Gasteiger charge is -2.26. The SMILES string of the molecule is COc1ccc(C2=NOC(COCCN3CCOCC3)C2)cc1.Cl. The minimum absolute atomic E-state index is 0. The van der Waals surface area contributed by atoms with Crippen LogP contribution in [-0.2, 0) is 14.3 Å². The van der Waals surface area contributed by atoms with E-state index in [9.17, 15) is 0 Å². The Morgan fingerprint density at radius 3 is 2.67 bits per heavy atom. The van der Waals surface area contributed by atoms with Crippen molar-refractivity contribution < 1.29 is 19.0 Å². The zero-order chi connectivity index (χ0) is 15.9. The molecule has 1 atom stereocenters. The zero-order valence-electron chi connectivity index (χ0n) is 14.0. The average molecular weight is 357 g/mol. The van der Waals surface area contributed by atoms with Crippen molar-refractivity contribution in [2.75, 3.05) is 53.2 Å². The summed E-state index contributed by atoms with van der Waals surface area (Å²) in [6, 6.07) is 7.87. The minimum atomic E-state index is 0. The predicted octanol–water partition coefficient (Wildman–Crippen LogP) is 1.96. The van der Waals surface area contributed by atoms with E-state index in [0.717, 1.165) is 62.9 Å². The van der Waals surface area contributed by atoms with Gasteiger partial charge in [0, 0.05) is 26.1 Å². The predicted molar refractivity (Wildman–Crippen MR) is 94.3 cm³/mol. The first kappa shape index (κ1) is 19.0. The summed E-state index contributed by atoms with van der Waals surface area (Å²) in [6.45, 7) is 5.88. The highest BCUT2D eigenvalue weighted by Gasteiger charge is 2.22. The summed E-state index contributed by atoms with van der Waals surface area (Å²) in [5, 5.41) is 4.18. The van der Waals surface area contributed by atoms with Gasteiger partial charge in [-0.25, -0.2) is 0 Å². The highest BCUT2D eigenvalue weighted by molar-refractivity contribution is 6.01. The normalized spacial score (nSPS) is 20.9. The molecule has 24 heavy (non-hydrogen) atoms. The van der Waals surface area contributed by atoms with Crippen LogP contribution in [0.3, 0.4) is 0 Å². The van der Waals surface area contributed by atoms with Crippen LogP contribution in [0.1, 0.15) is 12.0 Å². The Morgan fingerprint density at radius 1 is 1.21 bits per heavy atom. The first-order valence-corrected chi connectivity index (χ1v) is 8.10.